The zero-order valence-corrected chi connectivity index (χ0v) is 20.3. The molecule has 11 heteroatoms. The predicted octanol–water partition coefficient (Wildman–Crippen LogP) is 1.86. The minimum atomic E-state index is -2.71. The van der Waals surface area contributed by atoms with E-state index in [9.17, 15) is 23.6 Å². The lowest BCUT2D eigenvalue weighted by molar-refractivity contribution is -0.128. The molecule has 0 aliphatic carbocycles. The maximum Gasteiger partial charge on any atom is 0.254 e. The first-order valence-electron chi connectivity index (χ1n) is 12.6. The quantitative estimate of drug-likeness (QED) is 0.577. The van der Waals surface area contributed by atoms with Gasteiger partial charge in [0.2, 0.25) is 5.91 Å². The van der Waals surface area contributed by atoms with Crippen LogP contribution in [0.2, 0.25) is 0 Å². The fourth-order valence-electron chi connectivity index (χ4n) is 5.83. The van der Waals surface area contributed by atoms with Crippen LogP contribution in [-0.2, 0) is 9.53 Å². The van der Waals surface area contributed by atoms with Crippen molar-refractivity contribution in [3.63, 3.8) is 0 Å². The number of likely N-dealkylation sites (tertiary alicyclic amines) is 1. The Morgan fingerprint density at radius 2 is 2.03 bits per heavy atom. The van der Waals surface area contributed by atoms with Gasteiger partial charge in [-0.1, -0.05) is 0 Å². The van der Waals surface area contributed by atoms with Crippen molar-refractivity contribution in [1.82, 2.24) is 20.7 Å². The molecule has 1 aromatic rings. The molecule has 194 valence electrons. The van der Waals surface area contributed by atoms with E-state index in [1.807, 2.05) is 18.0 Å². The first-order valence-corrected chi connectivity index (χ1v) is 12.6. The van der Waals surface area contributed by atoms with E-state index >= 15 is 0 Å². The summed E-state index contributed by atoms with van der Waals surface area (Å²) in [4.78, 5) is 27.3. The molecule has 5 rings (SSSR count). The number of piperidine rings is 2. The number of ether oxygens (including phenoxy) is 1. The van der Waals surface area contributed by atoms with Gasteiger partial charge in [-0.3, -0.25) is 9.59 Å². The minimum absolute atomic E-state index is 0.0415. The standard InChI is InChI=1S/C25H32F2N6O3/c1-15-12-17(2-3-18(15)24(35)32-9-6-25(26,27)7-10-32)30-22-21-19(4-8-29-23(21)34)33(31-22)20-14-36-11-5-16(20)13-28/h2-3,12,16,19-22,30-31H,4-11,14H2,1H3,(H,29,34)/t16-,19?,20+,21?,22?/m1/s1. The van der Waals surface area contributed by atoms with Crippen molar-refractivity contribution in [2.45, 2.75) is 56.8 Å². The van der Waals surface area contributed by atoms with Crippen LogP contribution in [0.25, 0.3) is 0 Å². The Morgan fingerprint density at radius 3 is 2.75 bits per heavy atom. The molecule has 0 spiro atoms. The average Bonchev–Trinajstić information content (AvgIpc) is 3.23. The smallest absolute Gasteiger partial charge is 0.254 e. The number of nitrogens with zero attached hydrogens (tertiary/aromatic N) is 3. The van der Waals surface area contributed by atoms with Gasteiger partial charge in [0.1, 0.15) is 6.17 Å². The monoisotopic (exact) mass is 502 g/mol. The minimum Gasteiger partial charge on any atom is -0.380 e. The van der Waals surface area contributed by atoms with E-state index in [-0.39, 0.29) is 61.7 Å². The second kappa shape index (κ2) is 9.92. The number of carbonyl (C=O) groups is 2. The molecule has 3 N–H and O–H groups in total. The fraction of sp³-hybridized carbons (Fsp3) is 0.640. The summed E-state index contributed by atoms with van der Waals surface area (Å²) in [6, 6.07) is 7.51. The lowest BCUT2D eigenvalue weighted by atomic mass is 9.88. The number of carbonyl (C=O) groups excluding carboxylic acids is 2. The molecule has 0 saturated carbocycles. The number of nitriles is 1. The molecule has 4 fully saturated rings. The molecule has 4 aliphatic rings. The van der Waals surface area contributed by atoms with E-state index < -0.39 is 12.1 Å². The van der Waals surface area contributed by atoms with Crippen molar-refractivity contribution < 1.29 is 23.1 Å². The number of nitrogens with one attached hydrogen (secondary N) is 3. The molecule has 36 heavy (non-hydrogen) atoms. The Hall–Kier alpha value is -2.81. The number of halogens is 2. The highest BCUT2D eigenvalue weighted by Gasteiger charge is 2.51. The van der Waals surface area contributed by atoms with Crippen LogP contribution in [-0.4, -0.2) is 78.7 Å². The molecular weight excluding hydrogens is 470 g/mol. The molecule has 0 aromatic heterocycles. The third-order valence-electron chi connectivity index (χ3n) is 7.87. The Labute approximate surface area is 209 Å². The highest BCUT2D eigenvalue weighted by molar-refractivity contribution is 5.96. The molecular formula is C25H32F2N6O3. The molecule has 0 bridgehead atoms. The van der Waals surface area contributed by atoms with Gasteiger partial charge in [-0.15, -0.1) is 0 Å². The van der Waals surface area contributed by atoms with Gasteiger partial charge in [0.05, 0.1) is 30.6 Å². The van der Waals surface area contributed by atoms with Crippen molar-refractivity contribution in [3.05, 3.63) is 29.3 Å². The Kier molecular flexibility index (Phi) is 6.85. The molecule has 4 saturated heterocycles. The SMILES string of the molecule is Cc1cc(NC2NN([C@H]3COCC[C@@H]3C#N)C3CCNC(=O)C23)ccc1C(=O)N1CCC(F)(F)CC1. The van der Waals surface area contributed by atoms with Gasteiger partial charge in [-0.2, -0.15) is 5.26 Å². The second-order valence-electron chi connectivity index (χ2n) is 10.2. The zero-order chi connectivity index (χ0) is 25.4. The number of alkyl halides is 2. The number of anilines is 1. The third kappa shape index (κ3) is 4.77. The number of hydrogen-bond donors (Lipinski definition) is 3. The predicted molar refractivity (Wildman–Crippen MR) is 127 cm³/mol. The van der Waals surface area contributed by atoms with E-state index in [4.69, 9.17) is 4.74 Å². The summed E-state index contributed by atoms with van der Waals surface area (Å²) in [5, 5.41) is 18.1. The van der Waals surface area contributed by atoms with Crippen molar-refractivity contribution in [2.75, 3.05) is 38.2 Å². The van der Waals surface area contributed by atoms with Crippen molar-refractivity contribution in [2.24, 2.45) is 11.8 Å². The molecule has 2 amide bonds. The number of benzene rings is 1. The number of fused-ring (bicyclic) bond motifs is 1. The Morgan fingerprint density at radius 1 is 1.25 bits per heavy atom. The topological polar surface area (TPSA) is 110 Å². The van der Waals surface area contributed by atoms with Gasteiger partial charge in [-0.25, -0.2) is 19.2 Å². The van der Waals surface area contributed by atoms with Crippen LogP contribution in [0.4, 0.5) is 14.5 Å². The number of rotatable bonds is 4. The van der Waals surface area contributed by atoms with Gasteiger partial charge in [-0.05, 0) is 43.5 Å². The number of aryl methyl sites for hydroxylation is 1. The third-order valence-corrected chi connectivity index (χ3v) is 7.87. The summed E-state index contributed by atoms with van der Waals surface area (Å²) < 4.78 is 32.7. The first kappa shape index (κ1) is 24.9. The maximum atomic E-state index is 13.5. The molecule has 4 heterocycles. The largest absolute Gasteiger partial charge is 0.380 e. The maximum absolute atomic E-state index is 13.5. The molecule has 3 unspecified atom stereocenters. The van der Waals surface area contributed by atoms with Crippen LogP contribution in [0.3, 0.4) is 0 Å². The van der Waals surface area contributed by atoms with Crippen molar-refractivity contribution >= 4 is 17.5 Å². The second-order valence-corrected chi connectivity index (χ2v) is 10.2. The first-order chi connectivity index (χ1) is 17.3. The molecule has 4 aliphatic heterocycles. The van der Waals surface area contributed by atoms with Crippen LogP contribution in [0.15, 0.2) is 18.2 Å². The van der Waals surface area contributed by atoms with Crippen LogP contribution in [0.1, 0.15) is 41.6 Å². The van der Waals surface area contributed by atoms with E-state index in [1.165, 1.54) is 4.90 Å². The highest BCUT2D eigenvalue weighted by Crippen LogP contribution is 2.34. The summed E-state index contributed by atoms with van der Waals surface area (Å²) in [6.45, 7) is 3.47. The van der Waals surface area contributed by atoms with E-state index in [1.54, 1.807) is 12.1 Å². The normalized spacial score (nSPS) is 32.3. The van der Waals surface area contributed by atoms with E-state index in [0.29, 0.717) is 31.7 Å². The Bertz CT molecular complexity index is 1050. The van der Waals surface area contributed by atoms with Crippen LogP contribution >= 0.6 is 0 Å². The van der Waals surface area contributed by atoms with Gasteiger partial charge in [0.15, 0.2) is 0 Å². The van der Waals surface area contributed by atoms with E-state index in [0.717, 1.165) is 17.7 Å². The van der Waals surface area contributed by atoms with Crippen LogP contribution < -0.4 is 16.1 Å². The van der Waals surface area contributed by atoms with Crippen LogP contribution in [0.5, 0.6) is 0 Å². The fourth-order valence-corrected chi connectivity index (χ4v) is 5.83. The number of amides is 2. The number of hydrogen-bond acceptors (Lipinski definition) is 7. The molecule has 5 atom stereocenters. The summed E-state index contributed by atoms with van der Waals surface area (Å²) in [5.41, 5.74) is 5.40. The highest BCUT2D eigenvalue weighted by atomic mass is 19.3. The van der Waals surface area contributed by atoms with Gasteiger partial charge in [0.25, 0.3) is 11.8 Å². The van der Waals surface area contributed by atoms with Gasteiger partial charge in [0, 0.05) is 56.4 Å². The zero-order valence-electron chi connectivity index (χ0n) is 20.3. The van der Waals surface area contributed by atoms with Crippen LogP contribution in [0, 0.1) is 30.1 Å². The lowest BCUT2D eigenvalue weighted by Gasteiger charge is -2.39. The molecule has 1 aromatic carbocycles. The van der Waals surface area contributed by atoms with E-state index in [2.05, 4.69) is 22.1 Å². The molecule has 0 radical (unpaired) electrons. The summed E-state index contributed by atoms with van der Waals surface area (Å²) in [5.74, 6) is -3.54. The van der Waals surface area contributed by atoms with Crippen molar-refractivity contribution in [1.29, 1.82) is 5.26 Å². The average molecular weight is 503 g/mol. The summed E-state index contributed by atoms with van der Waals surface area (Å²) in [7, 11) is 0. The number of hydrazine groups is 1. The van der Waals surface area contributed by atoms with Gasteiger partial charge >= 0.3 is 0 Å². The Balaban J connectivity index is 1.31. The van der Waals surface area contributed by atoms with Gasteiger partial charge < -0.3 is 20.3 Å². The lowest BCUT2D eigenvalue weighted by Crippen LogP contribution is -2.56. The molecule has 9 nitrogen and oxygen atoms in total. The summed E-state index contributed by atoms with van der Waals surface area (Å²) in [6.07, 6.45) is 0.388. The van der Waals surface area contributed by atoms with Crippen molar-refractivity contribution in [3.8, 4) is 6.07 Å². The summed E-state index contributed by atoms with van der Waals surface area (Å²) >= 11 is 0.